The zero-order valence-electron chi connectivity index (χ0n) is 26.9. The SMILES string of the molecule is CCc1ccc2ccc(/C=C/C3(C(=O)N[C@H](C(=O)N[C@@H](C)C(=O)N4CCC[C@@H](C(=O)O)N4)C(C)C)CCC(C)(O)CC3)cc2n1. The first-order chi connectivity index (χ1) is 21.2. The second-order valence-electron chi connectivity index (χ2n) is 13.2. The minimum atomic E-state index is -1.04. The molecule has 1 aliphatic heterocycles. The molecule has 0 bridgehead atoms. The number of carbonyl (C=O) groups is 4. The first kappa shape index (κ1) is 34.1. The number of amides is 3. The van der Waals surface area contributed by atoms with E-state index in [2.05, 4.69) is 23.0 Å². The predicted molar refractivity (Wildman–Crippen MR) is 172 cm³/mol. The van der Waals surface area contributed by atoms with E-state index in [0.29, 0.717) is 45.1 Å². The topological polar surface area (TPSA) is 161 Å². The Hall–Kier alpha value is -3.83. The lowest BCUT2D eigenvalue weighted by molar-refractivity contribution is -0.148. The van der Waals surface area contributed by atoms with Gasteiger partial charge < -0.3 is 20.8 Å². The van der Waals surface area contributed by atoms with Gasteiger partial charge in [-0.3, -0.25) is 29.2 Å². The lowest BCUT2D eigenvalue weighted by Gasteiger charge is -2.41. The molecule has 11 heteroatoms. The summed E-state index contributed by atoms with van der Waals surface area (Å²) in [6, 6.07) is 7.32. The highest BCUT2D eigenvalue weighted by molar-refractivity contribution is 5.94. The number of carboxylic acids is 1. The van der Waals surface area contributed by atoms with Crippen molar-refractivity contribution < 1.29 is 29.4 Å². The number of hydrazine groups is 1. The van der Waals surface area contributed by atoms with E-state index in [0.717, 1.165) is 28.6 Å². The van der Waals surface area contributed by atoms with Crippen molar-refractivity contribution >= 4 is 40.7 Å². The molecule has 3 atom stereocenters. The molecule has 2 heterocycles. The number of aliphatic carboxylic acids is 1. The van der Waals surface area contributed by atoms with Crippen LogP contribution in [0.2, 0.25) is 0 Å². The fourth-order valence-electron chi connectivity index (χ4n) is 5.98. The highest BCUT2D eigenvalue weighted by Crippen LogP contribution is 2.43. The lowest BCUT2D eigenvalue weighted by Crippen LogP contribution is -2.61. The van der Waals surface area contributed by atoms with Crippen molar-refractivity contribution in [2.45, 2.75) is 103 Å². The third-order valence-corrected chi connectivity index (χ3v) is 9.12. The molecule has 0 radical (unpaired) electrons. The molecule has 4 rings (SSSR count). The molecule has 1 aromatic carbocycles. The molecule has 45 heavy (non-hydrogen) atoms. The number of aromatic nitrogens is 1. The molecule has 11 nitrogen and oxygen atoms in total. The quantitative estimate of drug-likeness (QED) is 0.270. The molecular formula is C34H47N5O6. The van der Waals surface area contributed by atoms with E-state index in [-0.39, 0.29) is 11.8 Å². The zero-order chi connectivity index (χ0) is 32.9. The average Bonchev–Trinajstić information content (AvgIpc) is 3.02. The van der Waals surface area contributed by atoms with Crippen LogP contribution in [-0.2, 0) is 25.6 Å². The molecule has 1 aliphatic carbocycles. The lowest BCUT2D eigenvalue weighted by atomic mass is 9.68. The molecule has 1 aromatic heterocycles. The second-order valence-corrected chi connectivity index (χ2v) is 13.2. The first-order valence-corrected chi connectivity index (χ1v) is 16.0. The van der Waals surface area contributed by atoms with Gasteiger partial charge in [0.25, 0.3) is 5.91 Å². The van der Waals surface area contributed by atoms with Gasteiger partial charge in [-0.05, 0) is 82.4 Å². The van der Waals surface area contributed by atoms with Crippen molar-refractivity contribution in [1.29, 1.82) is 0 Å². The number of benzene rings is 1. The van der Waals surface area contributed by atoms with E-state index in [4.69, 9.17) is 4.98 Å². The minimum Gasteiger partial charge on any atom is -0.480 e. The molecule has 1 saturated heterocycles. The summed E-state index contributed by atoms with van der Waals surface area (Å²) in [5.41, 5.74) is 3.66. The van der Waals surface area contributed by atoms with Gasteiger partial charge in [0.15, 0.2) is 0 Å². The van der Waals surface area contributed by atoms with Gasteiger partial charge in [0.05, 0.1) is 16.5 Å². The number of nitrogens with zero attached hydrogens (tertiary/aromatic N) is 2. The normalized spacial score (nSPS) is 25.2. The summed E-state index contributed by atoms with van der Waals surface area (Å²) in [4.78, 5) is 56.7. The standard InChI is InChI=1S/C34H47N5O6/c1-6-25-12-11-24-10-9-23(20-27(24)36-25)13-14-34(17-15-33(5,45)16-18-34)32(44)37-28(21(2)3)29(40)35-22(4)30(41)39-19-7-8-26(38-39)31(42)43/h9-14,20-22,26,28,38,45H,6-8,15-19H2,1-5H3,(H,35,40)(H,37,44)(H,42,43)/b14-13+/t22-,26-,28-,33?,34?/m0/s1. The molecule has 0 spiro atoms. The van der Waals surface area contributed by atoms with Crippen molar-refractivity contribution in [3.05, 3.63) is 47.7 Å². The van der Waals surface area contributed by atoms with Gasteiger partial charge in [-0.15, -0.1) is 0 Å². The Labute approximate surface area is 264 Å². The zero-order valence-corrected chi connectivity index (χ0v) is 26.9. The Balaban J connectivity index is 1.51. The number of carbonyl (C=O) groups excluding carboxylic acids is 3. The number of aryl methyl sites for hydroxylation is 1. The second kappa shape index (κ2) is 14.1. The minimum absolute atomic E-state index is 0.284. The highest BCUT2D eigenvalue weighted by Gasteiger charge is 2.44. The summed E-state index contributed by atoms with van der Waals surface area (Å²) < 4.78 is 0. The van der Waals surface area contributed by atoms with E-state index in [9.17, 15) is 29.4 Å². The number of rotatable bonds is 10. The fourth-order valence-corrected chi connectivity index (χ4v) is 5.98. The van der Waals surface area contributed by atoms with Gasteiger partial charge in [-0.25, -0.2) is 5.43 Å². The summed E-state index contributed by atoms with van der Waals surface area (Å²) >= 11 is 0. The van der Waals surface area contributed by atoms with Crippen LogP contribution in [0.4, 0.5) is 0 Å². The average molecular weight is 622 g/mol. The molecule has 3 amide bonds. The molecule has 1 saturated carbocycles. The number of hydrogen-bond donors (Lipinski definition) is 5. The number of fused-ring (bicyclic) bond motifs is 1. The monoisotopic (exact) mass is 621 g/mol. The summed E-state index contributed by atoms with van der Waals surface area (Å²) in [5, 5.41) is 28.0. The maximum Gasteiger partial charge on any atom is 0.322 e. The Kier molecular flexibility index (Phi) is 10.7. The van der Waals surface area contributed by atoms with Gasteiger partial charge in [0.2, 0.25) is 11.8 Å². The Morgan fingerprint density at radius 3 is 2.42 bits per heavy atom. The van der Waals surface area contributed by atoms with Crippen LogP contribution in [0.5, 0.6) is 0 Å². The van der Waals surface area contributed by atoms with Gasteiger partial charge in [0.1, 0.15) is 18.1 Å². The van der Waals surface area contributed by atoms with Crippen LogP contribution in [0, 0.1) is 11.3 Å². The third kappa shape index (κ3) is 8.26. The number of hydrogen-bond acceptors (Lipinski definition) is 7. The van der Waals surface area contributed by atoms with E-state index >= 15 is 0 Å². The molecule has 244 valence electrons. The highest BCUT2D eigenvalue weighted by atomic mass is 16.4. The third-order valence-electron chi connectivity index (χ3n) is 9.12. The Bertz CT molecular complexity index is 1440. The maximum atomic E-state index is 14.1. The fraction of sp³-hybridized carbons (Fsp3) is 0.559. The van der Waals surface area contributed by atoms with Crippen LogP contribution in [0.1, 0.15) is 84.4 Å². The first-order valence-electron chi connectivity index (χ1n) is 16.0. The number of aliphatic hydroxyl groups is 1. The van der Waals surface area contributed by atoms with Gasteiger partial charge in [0, 0.05) is 17.6 Å². The van der Waals surface area contributed by atoms with Gasteiger partial charge in [-0.2, -0.15) is 0 Å². The molecule has 5 N–H and O–H groups in total. The molecule has 2 aromatic rings. The number of carboxylic acid groups (broad SMARTS) is 1. The number of pyridine rings is 1. The van der Waals surface area contributed by atoms with Crippen molar-refractivity contribution in [2.75, 3.05) is 6.54 Å². The van der Waals surface area contributed by atoms with Crippen LogP contribution in [0.15, 0.2) is 36.4 Å². The smallest absolute Gasteiger partial charge is 0.322 e. The summed E-state index contributed by atoms with van der Waals surface area (Å²) in [5.74, 6) is -2.58. The van der Waals surface area contributed by atoms with E-state index in [1.165, 1.54) is 5.01 Å². The van der Waals surface area contributed by atoms with E-state index < -0.39 is 46.9 Å². The van der Waals surface area contributed by atoms with Gasteiger partial charge in [-0.1, -0.05) is 51.1 Å². The Morgan fingerprint density at radius 1 is 1.09 bits per heavy atom. The van der Waals surface area contributed by atoms with Crippen molar-refractivity contribution in [2.24, 2.45) is 11.3 Å². The van der Waals surface area contributed by atoms with Crippen molar-refractivity contribution in [3.8, 4) is 0 Å². The molecule has 2 aliphatic rings. The van der Waals surface area contributed by atoms with E-state index in [1.54, 1.807) is 13.8 Å². The predicted octanol–water partition coefficient (Wildman–Crippen LogP) is 3.35. The van der Waals surface area contributed by atoms with E-state index in [1.807, 2.05) is 56.3 Å². The molecular weight excluding hydrogens is 574 g/mol. The van der Waals surface area contributed by atoms with Crippen LogP contribution in [0.25, 0.3) is 17.0 Å². The summed E-state index contributed by atoms with van der Waals surface area (Å²) in [6.07, 6.45) is 7.23. The van der Waals surface area contributed by atoms with Crippen LogP contribution < -0.4 is 16.1 Å². The summed E-state index contributed by atoms with van der Waals surface area (Å²) in [6.45, 7) is 9.35. The Morgan fingerprint density at radius 2 is 1.78 bits per heavy atom. The van der Waals surface area contributed by atoms with Crippen molar-refractivity contribution in [1.82, 2.24) is 26.1 Å². The van der Waals surface area contributed by atoms with Crippen LogP contribution in [-0.4, -0.2) is 74.2 Å². The van der Waals surface area contributed by atoms with Crippen LogP contribution in [0.3, 0.4) is 0 Å². The molecule has 0 unspecified atom stereocenters. The van der Waals surface area contributed by atoms with Crippen molar-refractivity contribution in [3.63, 3.8) is 0 Å². The summed E-state index contributed by atoms with van der Waals surface area (Å²) in [7, 11) is 0. The number of nitrogens with one attached hydrogen (secondary N) is 3. The maximum absolute atomic E-state index is 14.1. The van der Waals surface area contributed by atoms with Gasteiger partial charge >= 0.3 is 5.97 Å². The van der Waals surface area contributed by atoms with Crippen LogP contribution >= 0.6 is 0 Å². The molecule has 2 fully saturated rings. The largest absolute Gasteiger partial charge is 0.480 e.